The van der Waals surface area contributed by atoms with Crippen LogP contribution in [0, 0.1) is 0 Å². The highest BCUT2D eigenvalue weighted by Crippen LogP contribution is 2.38. The van der Waals surface area contributed by atoms with Crippen LogP contribution < -0.4 is 24.2 Å². The van der Waals surface area contributed by atoms with E-state index >= 15 is 0 Å². The molecule has 8 nitrogen and oxygen atoms in total. The molecule has 1 aromatic heterocycles. The molecule has 3 aromatic rings. The summed E-state index contributed by atoms with van der Waals surface area (Å²) >= 11 is 0. The molecule has 2 aromatic carbocycles. The Labute approximate surface area is 188 Å². The Morgan fingerprint density at radius 3 is 2.44 bits per heavy atom. The molecule has 0 amide bonds. The molecule has 2 N–H and O–H groups in total. The van der Waals surface area contributed by atoms with Crippen molar-refractivity contribution in [2.75, 3.05) is 41.0 Å². The standard InChI is InChI=1S/C23H27N3O5S/c1-29-20-14-17(15-21(30-2)23(20)31-3)6-5-10-24-12-13-26-32(27,28)22-8-4-7-18-16-25-11-9-19(18)22/h4-9,11,14-16,24,26H,10,12-13H2,1-3H3. The van der Waals surface area contributed by atoms with Crippen LogP contribution in [0.5, 0.6) is 17.2 Å². The average Bonchev–Trinajstić information content (AvgIpc) is 2.82. The fourth-order valence-electron chi connectivity index (χ4n) is 3.26. The van der Waals surface area contributed by atoms with E-state index in [0.717, 1.165) is 10.9 Å². The van der Waals surface area contributed by atoms with Crippen LogP contribution in [-0.4, -0.2) is 54.4 Å². The van der Waals surface area contributed by atoms with Crippen LogP contribution in [0.25, 0.3) is 16.8 Å². The first kappa shape index (κ1) is 23.5. The maximum atomic E-state index is 12.7. The Morgan fingerprint density at radius 2 is 1.75 bits per heavy atom. The minimum Gasteiger partial charge on any atom is -0.493 e. The van der Waals surface area contributed by atoms with Gasteiger partial charge in [-0.2, -0.15) is 0 Å². The third kappa shape index (κ3) is 5.56. The first-order chi connectivity index (χ1) is 15.5. The van der Waals surface area contributed by atoms with Gasteiger partial charge >= 0.3 is 0 Å². The lowest BCUT2D eigenvalue weighted by molar-refractivity contribution is 0.324. The van der Waals surface area contributed by atoms with E-state index in [9.17, 15) is 8.42 Å². The number of nitrogens with zero attached hydrogens (tertiary/aromatic N) is 1. The van der Waals surface area contributed by atoms with Gasteiger partial charge in [0.25, 0.3) is 0 Å². The Bertz CT molecular complexity index is 1160. The smallest absolute Gasteiger partial charge is 0.241 e. The molecule has 0 atom stereocenters. The van der Waals surface area contributed by atoms with Crippen molar-refractivity contribution < 1.29 is 22.6 Å². The molecule has 0 saturated carbocycles. The minimum absolute atomic E-state index is 0.250. The van der Waals surface area contributed by atoms with E-state index in [1.807, 2.05) is 30.4 Å². The van der Waals surface area contributed by atoms with Gasteiger partial charge in [-0.25, -0.2) is 13.1 Å². The SMILES string of the molecule is COc1cc(C=CCNCCNS(=O)(=O)c2cccc3cnccc23)cc(OC)c1OC. The number of hydrogen-bond donors (Lipinski definition) is 2. The molecule has 9 heteroatoms. The number of nitrogens with one attached hydrogen (secondary N) is 2. The minimum atomic E-state index is -3.62. The van der Waals surface area contributed by atoms with Gasteiger partial charge in [0.2, 0.25) is 15.8 Å². The second kappa shape index (κ2) is 10.9. The van der Waals surface area contributed by atoms with Crippen molar-refractivity contribution in [2.24, 2.45) is 0 Å². The second-order valence-electron chi connectivity index (χ2n) is 6.82. The summed E-state index contributed by atoms with van der Waals surface area (Å²) in [6.07, 6.45) is 7.10. The van der Waals surface area contributed by atoms with E-state index in [1.165, 1.54) is 0 Å². The van der Waals surface area contributed by atoms with Crippen LogP contribution in [-0.2, 0) is 10.0 Å². The van der Waals surface area contributed by atoms with E-state index < -0.39 is 10.0 Å². The quantitative estimate of drug-likeness (QED) is 0.427. The van der Waals surface area contributed by atoms with Crippen molar-refractivity contribution in [3.63, 3.8) is 0 Å². The van der Waals surface area contributed by atoms with E-state index in [2.05, 4.69) is 15.0 Å². The number of fused-ring (bicyclic) bond motifs is 1. The first-order valence-corrected chi connectivity index (χ1v) is 11.5. The lowest BCUT2D eigenvalue weighted by Gasteiger charge is -2.12. The molecule has 0 aliphatic heterocycles. The third-order valence-electron chi connectivity index (χ3n) is 4.78. The summed E-state index contributed by atoms with van der Waals surface area (Å²) in [5.74, 6) is 1.70. The third-order valence-corrected chi connectivity index (χ3v) is 6.30. The molecule has 170 valence electrons. The van der Waals surface area contributed by atoms with E-state index in [-0.39, 0.29) is 11.4 Å². The highest BCUT2D eigenvalue weighted by molar-refractivity contribution is 7.89. The van der Waals surface area contributed by atoms with Crippen molar-refractivity contribution >= 4 is 26.9 Å². The number of sulfonamides is 1. The molecule has 0 unspecified atom stereocenters. The number of methoxy groups -OCH3 is 3. The maximum Gasteiger partial charge on any atom is 0.241 e. The Hall–Kier alpha value is -3.14. The summed E-state index contributed by atoms with van der Waals surface area (Å²) < 4.78 is 44.0. The molecule has 32 heavy (non-hydrogen) atoms. The average molecular weight is 458 g/mol. The number of ether oxygens (including phenoxy) is 3. The number of rotatable bonds is 11. The van der Waals surface area contributed by atoms with E-state index in [4.69, 9.17) is 14.2 Å². The van der Waals surface area contributed by atoms with Gasteiger partial charge in [0.05, 0.1) is 26.2 Å². The summed E-state index contributed by atoms with van der Waals surface area (Å²) in [7, 11) is 1.08. The summed E-state index contributed by atoms with van der Waals surface area (Å²) in [6, 6.07) is 10.6. The van der Waals surface area contributed by atoms with Crippen LogP contribution in [0.1, 0.15) is 5.56 Å². The highest BCUT2D eigenvalue weighted by Gasteiger charge is 2.16. The molecule has 0 aliphatic rings. The van der Waals surface area contributed by atoms with E-state index in [1.54, 1.807) is 51.9 Å². The Balaban J connectivity index is 1.52. The van der Waals surface area contributed by atoms with Gasteiger partial charge in [-0.3, -0.25) is 4.98 Å². The number of hydrogen-bond acceptors (Lipinski definition) is 7. The molecule has 0 fully saturated rings. The lowest BCUT2D eigenvalue weighted by Crippen LogP contribution is -2.32. The monoisotopic (exact) mass is 457 g/mol. The lowest BCUT2D eigenvalue weighted by atomic mass is 10.1. The van der Waals surface area contributed by atoms with E-state index in [0.29, 0.717) is 35.7 Å². The first-order valence-electron chi connectivity index (χ1n) is 10.00. The molecule has 0 spiro atoms. The summed E-state index contributed by atoms with van der Waals surface area (Å²) in [5.41, 5.74) is 0.896. The largest absolute Gasteiger partial charge is 0.493 e. The van der Waals surface area contributed by atoms with Crippen LogP contribution in [0.4, 0.5) is 0 Å². The van der Waals surface area contributed by atoms with Gasteiger partial charge < -0.3 is 19.5 Å². The van der Waals surface area contributed by atoms with Crippen molar-refractivity contribution in [3.8, 4) is 17.2 Å². The number of aromatic nitrogens is 1. The normalized spacial score (nSPS) is 11.7. The van der Waals surface area contributed by atoms with Crippen molar-refractivity contribution in [3.05, 3.63) is 60.4 Å². The van der Waals surface area contributed by atoms with Gasteiger partial charge in [0.1, 0.15) is 0 Å². The summed E-state index contributed by atoms with van der Waals surface area (Å²) in [5, 5.41) is 4.62. The van der Waals surface area contributed by atoms with Crippen molar-refractivity contribution in [2.45, 2.75) is 4.90 Å². The number of benzene rings is 2. The Morgan fingerprint density at radius 1 is 1.00 bits per heavy atom. The molecular formula is C23H27N3O5S. The molecule has 0 bridgehead atoms. The number of pyridine rings is 1. The molecule has 0 radical (unpaired) electrons. The van der Waals surface area contributed by atoms with Gasteiger partial charge in [-0.1, -0.05) is 24.3 Å². The van der Waals surface area contributed by atoms with Crippen LogP contribution in [0.2, 0.25) is 0 Å². The van der Waals surface area contributed by atoms with Crippen molar-refractivity contribution in [1.82, 2.24) is 15.0 Å². The summed E-state index contributed by atoms with van der Waals surface area (Å²) in [6.45, 7) is 1.31. The fraction of sp³-hybridized carbons (Fsp3) is 0.261. The topological polar surface area (TPSA) is 98.8 Å². The predicted octanol–water partition coefficient (Wildman–Crippen LogP) is 2.84. The summed E-state index contributed by atoms with van der Waals surface area (Å²) in [4.78, 5) is 4.29. The zero-order valence-electron chi connectivity index (χ0n) is 18.3. The molecule has 1 heterocycles. The molecule has 0 saturated heterocycles. The van der Waals surface area contributed by atoms with Crippen LogP contribution in [0.15, 0.2) is 59.8 Å². The second-order valence-corrected chi connectivity index (χ2v) is 8.55. The molecule has 0 aliphatic carbocycles. The highest BCUT2D eigenvalue weighted by atomic mass is 32.2. The molecule has 3 rings (SSSR count). The van der Waals surface area contributed by atoms with Gasteiger partial charge in [0.15, 0.2) is 11.5 Å². The van der Waals surface area contributed by atoms with Gasteiger partial charge in [-0.15, -0.1) is 0 Å². The van der Waals surface area contributed by atoms with Crippen LogP contribution in [0.3, 0.4) is 0 Å². The van der Waals surface area contributed by atoms with Crippen LogP contribution >= 0.6 is 0 Å². The maximum absolute atomic E-state index is 12.7. The fourth-order valence-corrected chi connectivity index (χ4v) is 4.52. The predicted molar refractivity (Wildman–Crippen MR) is 125 cm³/mol. The van der Waals surface area contributed by atoms with Gasteiger partial charge in [0, 0.05) is 42.8 Å². The van der Waals surface area contributed by atoms with Crippen molar-refractivity contribution in [1.29, 1.82) is 0 Å². The molecular weight excluding hydrogens is 430 g/mol. The zero-order valence-corrected chi connectivity index (χ0v) is 19.1. The zero-order chi connectivity index (χ0) is 23.0. The van der Waals surface area contributed by atoms with Gasteiger partial charge in [-0.05, 0) is 29.8 Å². The Kier molecular flexibility index (Phi) is 8.04.